The highest BCUT2D eigenvalue weighted by atomic mass is 16.1. The van der Waals surface area contributed by atoms with Crippen LogP contribution in [0.1, 0.15) is 33.1 Å². The maximum atomic E-state index is 12.4. The standard InChI is InChI=1S/C17H23N3O/c1-12-7-6-8-15(18-12)10-19(4)11-17(21)16-9-13(2)20(5)14(16)3/h6-9H,10-11H2,1-5H3. The van der Waals surface area contributed by atoms with Crippen molar-refractivity contribution in [3.63, 3.8) is 0 Å². The number of nitrogens with zero attached hydrogens (tertiary/aromatic N) is 3. The van der Waals surface area contributed by atoms with E-state index < -0.39 is 0 Å². The Bertz CT molecular complexity index is 658. The van der Waals surface area contributed by atoms with Crippen LogP contribution in [0.5, 0.6) is 0 Å². The van der Waals surface area contributed by atoms with Gasteiger partial charge in [-0.05, 0) is 46.0 Å². The van der Waals surface area contributed by atoms with E-state index in [9.17, 15) is 4.79 Å². The maximum absolute atomic E-state index is 12.4. The first-order chi connectivity index (χ1) is 9.88. The van der Waals surface area contributed by atoms with Gasteiger partial charge < -0.3 is 4.57 Å². The summed E-state index contributed by atoms with van der Waals surface area (Å²) in [7, 11) is 3.94. The highest BCUT2D eigenvalue weighted by molar-refractivity contribution is 5.99. The molecule has 0 N–H and O–H groups in total. The van der Waals surface area contributed by atoms with Crippen LogP contribution in [-0.2, 0) is 13.6 Å². The van der Waals surface area contributed by atoms with Gasteiger partial charge in [-0.1, -0.05) is 6.07 Å². The van der Waals surface area contributed by atoms with Gasteiger partial charge in [-0.3, -0.25) is 14.7 Å². The van der Waals surface area contributed by atoms with Gasteiger partial charge >= 0.3 is 0 Å². The molecule has 0 aliphatic heterocycles. The Morgan fingerprint density at radius 1 is 1.29 bits per heavy atom. The maximum Gasteiger partial charge on any atom is 0.178 e. The van der Waals surface area contributed by atoms with E-state index in [0.29, 0.717) is 13.1 Å². The number of carbonyl (C=O) groups excluding carboxylic acids is 1. The van der Waals surface area contributed by atoms with Crippen molar-refractivity contribution in [2.45, 2.75) is 27.3 Å². The molecule has 0 fully saturated rings. The SMILES string of the molecule is Cc1cccc(CN(C)CC(=O)c2cc(C)n(C)c2C)n1. The van der Waals surface area contributed by atoms with E-state index in [2.05, 4.69) is 9.55 Å². The molecule has 0 aliphatic rings. The van der Waals surface area contributed by atoms with Crippen LogP contribution in [-0.4, -0.2) is 33.8 Å². The molecule has 0 saturated carbocycles. The fourth-order valence-electron chi connectivity index (χ4n) is 2.49. The smallest absolute Gasteiger partial charge is 0.178 e. The Morgan fingerprint density at radius 3 is 2.57 bits per heavy atom. The second-order valence-corrected chi connectivity index (χ2v) is 5.71. The number of aryl methyl sites for hydroxylation is 2. The number of Topliss-reactive ketones (excluding diaryl/α,β-unsaturated/α-hetero) is 1. The van der Waals surface area contributed by atoms with Gasteiger partial charge in [0.2, 0.25) is 0 Å². The zero-order chi connectivity index (χ0) is 15.6. The van der Waals surface area contributed by atoms with Crippen LogP contribution in [0.2, 0.25) is 0 Å². The van der Waals surface area contributed by atoms with Crippen LogP contribution in [0.3, 0.4) is 0 Å². The van der Waals surface area contributed by atoms with E-state index in [4.69, 9.17) is 0 Å². The molecule has 2 aromatic heterocycles. The molecule has 2 rings (SSSR count). The van der Waals surface area contributed by atoms with Gasteiger partial charge in [-0.25, -0.2) is 0 Å². The second kappa shape index (κ2) is 6.22. The van der Waals surface area contributed by atoms with Crippen LogP contribution in [0, 0.1) is 20.8 Å². The number of rotatable bonds is 5. The average molecular weight is 285 g/mol. The van der Waals surface area contributed by atoms with E-state index in [0.717, 1.165) is 28.3 Å². The largest absolute Gasteiger partial charge is 0.351 e. The van der Waals surface area contributed by atoms with Crippen molar-refractivity contribution >= 4 is 5.78 Å². The zero-order valence-electron chi connectivity index (χ0n) is 13.5. The van der Waals surface area contributed by atoms with Crippen LogP contribution in [0.25, 0.3) is 0 Å². The summed E-state index contributed by atoms with van der Waals surface area (Å²) in [5.74, 6) is 0.159. The predicted octanol–water partition coefficient (Wildman–Crippen LogP) is 2.66. The molecule has 0 spiro atoms. The molecule has 0 aliphatic carbocycles. The molecule has 2 heterocycles. The molecule has 2 aromatic rings. The molecule has 21 heavy (non-hydrogen) atoms. The van der Waals surface area contributed by atoms with Crippen molar-refractivity contribution in [2.75, 3.05) is 13.6 Å². The molecule has 0 atom stereocenters. The second-order valence-electron chi connectivity index (χ2n) is 5.71. The minimum absolute atomic E-state index is 0.159. The zero-order valence-corrected chi connectivity index (χ0v) is 13.5. The van der Waals surface area contributed by atoms with Crippen molar-refractivity contribution in [3.8, 4) is 0 Å². The summed E-state index contributed by atoms with van der Waals surface area (Å²) in [5, 5.41) is 0. The van der Waals surface area contributed by atoms with Gasteiger partial charge in [0.1, 0.15) is 0 Å². The van der Waals surface area contributed by atoms with Crippen LogP contribution < -0.4 is 0 Å². The Labute approximate surface area is 126 Å². The fourth-order valence-corrected chi connectivity index (χ4v) is 2.49. The third kappa shape index (κ3) is 3.58. The first-order valence-corrected chi connectivity index (χ1v) is 7.15. The number of hydrogen-bond donors (Lipinski definition) is 0. The summed E-state index contributed by atoms with van der Waals surface area (Å²) in [6.45, 7) is 7.06. The Morgan fingerprint density at radius 2 is 2.00 bits per heavy atom. The van der Waals surface area contributed by atoms with Crippen molar-refractivity contribution < 1.29 is 4.79 Å². The van der Waals surface area contributed by atoms with E-state index >= 15 is 0 Å². The molecule has 0 radical (unpaired) electrons. The van der Waals surface area contributed by atoms with E-state index in [-0.39, 0.29) is 5.78 Å². The Hall–Kier alpha value is -1.94. The molecule has 112 valence electrons. The number of pyridine rings is 1. The molecular weight excluding hydrogens is 262 g/mol. The highest BCUT2D eigenvalue weighted by Crippen LogP contribution is 2.14. The Kier molecular flexibility index (Phi) is 4.58. The van der Waals surface area contributed by atoms with Crippen molar-refractivity contribution in [2.24, 2.45) is 7.05 Å². The normalized spacial score (nSPS) is 11.1. The number of aromatic nitrogens is 2. The lowest BCUT2D eigenvalue weighted by Crippen LogP contribution is -2.26. The lowest BCUT2D eigenvalue weighted by atomic mass is 10.1. The summed E-state index contributed by atoms with van der Waals surface area (Å²) in [6, 6.07) is 7.94. The van der Waals surface area contributed by atoms with Crippen molar-refractivity contribution in [1.82, 2.24) is 14.5 Å². The summed E-state index contributed by atoms with van der Waals surface area (Å²) >= 11 is 0. The third-order valence-electron chi connectivity index (χ3n) is 3.87. The number of likely N-dealkylation sites (N-methyl/N-ethyl adjacent to an activating group) is 1. The Balaban J connectivity index is 2.03. The van der Waals surface area contributed by atoms with Gasteiger partial charge in [0.25, 0.3) is 0 Å². The highest BCUT2D eigenvalue weighted by Gasteiger charge is 2.16. The lowest BCUT2D eigenvalue weighted by Gasteiger charge is -2.15. The molecule has 4 heteroatoms. The molecule has 0 amide bonds. The van der Waals surface area contributed by atoms with E-state index in [1.165, 1.54) is 0 Å². The van der Waals surface area contributed by atoms with Gasteiger partial charge in [0, 0.05) is 36.2 Å². The van der Waals surface area contributed by atoms with Gasteiger partial charge in [-0.15, -0.1) is 0 Å². The van der Waals surface area contributed by atoms with Crippen LogP contribution in [0.4, 0.5) is 0 Å². The number of hydrogen-bond acceptors (Lipinski definition) is 3. The summed E-state index contributed by atoms with van der Waals surface area (Å²) in [6.07, 6.45) is 0. The van der Waals surface area contributed by atoms with Gasteiger partial charge in [0.05, 0.1) is 12.2 Å². The predicted molar refractivity (Wildman–Crippen MR) is 84.5 cm³/mol. The summed E-state index contributed by atoms with van der Waals surface area (Å²) < 4.78 is 2.05. The first-order valence-electron chi connectivity index (χ1n) is 7.15. The fraction of sp³-hybridized carbons (Fsp3) is 0.412. The average Bonchev–Trinajstić information content (AvgIpc) is 2.66. The molecule has 0 bridgehead atoms. The quantitative estimate of drug-likeness (QED) is 0.793. The number of carbonyl (C=O) groups is 1. The third-order valence-corrected chi connectivity index (χ3v) is 3.87. The molecular formula is C17H23N3O. The van der Waals surface area contributed by atoms with E-state index in [1.807, 2.05) is 64.0 Å². The monoisotopic (exact) mass is 285 g/mol. The summed E-state index contributed by atoms with van der Waals surface area (Å²) in [5.41, 5.74) is 4.95. The lowest BCUT2D eigenvalue weighted by molar-refractivity contribution is 0.0942. The van der Waals surface area contributed by atoms with Crippen molar-refractivity contribution in [3.05, 3.63) is 52.6 Å². The van der Waals surface area contributed by atoms with Crippen LogP contribution in [0.15, 0.2) is 24.3 Å². The number of ketones is 1. The van der Waals surface area contributed by atoms with Gasteiger partial charge in [0.15, 0.2) is 5.78 Å². The minimum Gasteiger partial charge on any atom is -0.351 e. The van der Waals surface area contributed by atoms with Gasteiger partial charge in [-0.2, -0.15) is 0 Å². The molecule has 0 unspecified atom stereocenters. The van der Waals surface area contributed by atoms with Crippen LogP contribution >= 0.6 is 0 Å². The van der Waals surface area contributed by atoms with E-state index in [1.54, 1.807) is 0 Å². The minimum atomic E-state index is 0.159. The first kappa shape index (κ1) is 15.4. The molecule has 4 nitrogen and oxygen atoms in total. The molecule has 0 aromatic carbocycles. The molecule has 0 saturated heterocycles. The summed E-state index contributed by atoms with van der Waals surface area (Å²) in [4.78, 5) is 18.9. The van der Waals surface area contributed by atoms with Crippen molar-refractivity contribution in [1.29, 1.82) is 0 Å². The topological polar surface area (TPSA) is 38.1 Å².